The SMILES string of the molecule is COc1ccc(CCC(=O)c2sccc2Cl)cc1. The summed E-state index contributed by atoms with van der Waals surface area (Å²) in [7, 11) is 1.64. The average Bonchev–Trinajstić information content (AvgIpc) is 2.83. The van der Waals surface area contributed by atoms with Crippen LogP contribution in [0.25, 0.3) is 0 Å². The first-order valence-electron chi connectivity index (χ1n) is 5.60. The van der Waals surface area contributed by atoms with Crippen molar-refractivity contribution in [3.8, 4) is 5.75 Å². The molecule has 0 aliphatic rings. The van der Waals surface area contributed by atoms with Crippen LogP contribution in [-0.4, -0.2) is 12.9 Å². The summed E-state index contributed by atoms with van der Waals surface area (Å²) in [5.74, 6) is 0.928. The number of aryl methyl sites for hydroxylation is 1. The zero-order chi connectivity index (χ0) is 13.0. The summed E-state index contributed by atoms with van der Waals surface area (Å²) in [5.41, 5.74) is 1.12. The fourth-order valence-corrected chi connectivity index (χ4v) is 2.79. The second-order valence-corrected chi connectivity index (χ2v) is 5.19. The van der Waals surface area contributed by atoms with Crippen LogP contribution >= 0.6 is 22.9 Å². The number of halogens is 1. The summed E-state index contributed by atoms with van der Waals surface area (Å²) in [6.07, 6.45) is 1.20. The zero-order valence-electron chi connectivity index (χ0n) is 9.98. The summed E-state index contributed by atoms with van der Waals surface area (Å²) in [6.45, 7) is 0. The molecule has 18 heavy (non-hydrogen) atoms. The molecule has 1 aromatic carbocycles. The Labute approximate surface area is 115 Å². The Morgan fingerprint density at radius 1 is 1.28 bits per heavy atom. The highest BCUT2D eigenvalue weighted by Crippen LogP contribution is 2.24. The maximum absolute atomic E-state index is 11.9. The van der Waals surface area contributed by atoms with Crippen molar-refractivity contribution < 1.29 is 9.53 Å². The summed E-state index contributed by atoms with van der Waals surface area (Å²) in [6, 6.07) is 9.51. The van der Waals surface area contributed by atoms with Gasteiger partial charge in [0.1, 0.15) is 5.75 Å². The van der Waals surface area contributed by atoms with Gasteiger partial charge in [0.15, 0.2) is 5.78 Å². The van der Waals surface area contributed by atoms with E-state index in [2.05, 4.69) is 0 Å². The number of hydrogen-bond acceptors (Lipinski definition) is 3. The van der Waals surface area contributed by atoms with Crippen LogP contribution in [0.2, 0.25) is 5.02 Å². The molecule has 1 heterocycles. The van der Waals surface area contributed by atoms with Gasteiger partial charge in [-0.25, -0.2) is 0 Å². The quantitative estimate of drug-likeness (QED) is 0.766. The molecule has 0 N–H and O–H groups in total. The first-order valence-corrected chi connectivity index (χ1v) is 6.85. The minimum absolute atomic E-state index is 0.103. The van der Waals surface area contributed by atoms with Crippen LogP contribution < -0.4 is 4.74 Å². The van der Waals surface area contributed by atoms with Crippen molar-refractivity contribution in [3.05, 3.63) is 51.2 Å². The molecule has 0 bridgehead atoms. The Balaban J connectivity index is 1.95. The summed E-state index contributed by atoms with van der Waals surface area (Å²) < 4.78 is 5.09. The number of hydrogen-bond donors (Lipinski definition) is 0. The van der Waals surface area contributed by atoms with Gasteiger partial charge in [-0.15, -0.1) is 11.3 Å². The monoisotopic (exact) mass is 280 g/mol. The predicted molar refractivity (Wildman–Crippen MR) is 75.0 cm³/mol. The van der Waals surface area contributed by atoms with Gasteiger partial charge >= 0.3 is 0 Å². The molecular weight excluding hydrogens is 268 g/mol. The molecule has 2 nitrogen and oxygen atoms in total. The van der Waals surface area contributed by atoms with E-state index in [0.717, 1.165) is 17.7 Å². The molecule has 0 aliphatic carbocycles. The molecule has 0 unspecified atom stereocenters. The third-order valence-corrected chi connectivity index (χ3v) is 4.05. The molecule has 0 amide bonds. The molecule has 0 atom stereocenters. The smallest absolute Gasteiger partial charge is 0.174 e. The van der Waals surface area contributed by atoms with Gasteiger partial charge in [-0.1, -0.05) is 23.7 Å². The number of ketones is 1. The Hall–Kier alpha value is -1.32. The third kappa shape index (κ3) is 3.12. The van der Waals surface area contributed by atoms with E-state index in [1.54, 1.807) is 13.2 Å². The third-order valence-electron chi connectivity index (χ3n) is 2.67. The lowest BCUT2D eigenvalue weighted by Gasteiger charge is -2.03. The highest BCUT2D eigenvalue weighted by Gasteiger charge is 2.11. The van der Waals surface area contributed by atoms with Crippen LogP contribution in [0.15, 0.2) is 35.7 Å². The van der Waals surface area contributed by atoms with Crippen molar-refractivity contribution in [1.29, 1.82) is 0 Å². The average molecular weight is 281 g/mol. The van der Waals surface area contributed by atoms with E-state index < -0.39 is 0 Å². The lowest BCUT2D eigenvalue weighted by molar-refractivity contribution is 0.0987. The lowest BCUT2D eigenvalue weighted by atomic mass is 10.1. The normalized spacial score (nSPS) is 10.3. The van der Waals surface area contributed by atoms with Gasteiger partial charge in [0.2, 0.25) is 0 Å². The Morgan fingerprint density at radius 3 is 2.56 bits per heavy atom. The standard InChI is InChI=1S/C14H13ClO2S/c1-17-11-5-2-10(3-6-11)4-7-13(16)14-12(15)8-9-18-14/h2-3,5-6,8-9H,4,7H2,1H3. The van der Waals surface area contributed by atoms with Crippen LogP contribution in [0.1, 0.15) is 21.7 Å². The van der Waals surface area contributed by atoms with Crippen molar-refractivity contribution in [2.45, 2.75) is 12.8 Å². The van der Waals surface area contributed by atoms with Crippen molar-refractivity contribution in [1.82, 2.24) is 0 Å². The van der Waals surface area contributed by atoms with Gasteiger partial charge in [-0.3, -0.25) is 4.79 Å². The number of methoxy groups -OCH3 is 1. The zero-order valence-corrected chi connectivity index (χ0v) is 11.6. The highest BCUT2D eigenvalue weighted by atomic mass is 35.5. The number of thiophene rings is 1. The molecule has 0 fully saturated rings. The van der Waals surface area contributed by atoms with E-state index in [0.29, 0.717) is 16.3 Å². The van der Waals surface area contributed by atoms with Gasteiger partial charge in [0.05, 0.1) is 17.0 Å². The number of carbonyl (C=O) groups is 1. The fourth-order valence-electron chi connectivity index (χ4n) is 1.66. The van der Waals surface area contributed by atoms with E-state index in [1.807, 2.05) is 29.6 Å². The Bertz CT molecular complexity index is 531. The number of benzene rings is 1. The largest absolute Gasteiger partial charge is 0.497 e. The summed E-state index contributed by atoms with van der Waals surface area (Å²) >= 11 is 7.33. The molecule has 94 valence electrons. The van der Waals surface area contributed by atoms with E-state index >= 15 is 0 Å². The van der Waals surface area contributed by atoms with Gasteiger partial charge in [-0.05, 0) is 35.6 Å². The molecule has 0 radical (unpaired) electrons. The second-order valence-electron chi connectivity index (χ2n) is 3.87. The first-order chi connectivity index (χ1) is 8.70. The molecular formula is C14H13ClO2S. The van der Waals surface area contributed by atoms with Gasteiger partial charge in [-0.2, -0.15) is 0 Å². The summed E-state index contributed by atoms with van der Waals surface area (Å²) in [5, 5.41) is 2.39. The minimum Gasteiger partial charge on any atom is -0.497 e. The molecule has 0 aliphatic heterocycles. The number of Topliss-reactive ketones (excluding diaryl/α,β-unsaturated/α-hetero) is 1. The molecule has 2 aromatic rings. The molecule has 0 spiro atoms. The lowest BCUT2D eigenvalue weighted by Crippen LogP contribution is -1.99. The van der Waals surface area contributed by atoms with Gasteiger partial charge < -0.3 is 4.74 Å². The van der Waals surface area contributed by atoms with E-state index in [9.17, 15) is 4.79 Å². The predicted octanol–water partition coefficient (Wildman–Crippen LogP) is 4.23. The molecule has 0 saturated carbocycles. The van der Waals surface area contributed by atoms with E-state index in [-0.39, 0.29) is 5.78 Å². The van der Waals surface area contributed by atoms with Crippen molar-refractivity contribution in [3.63, 3.8) is 0 Å². The number of rotatable bonds is 5. The van der Waals surface area contributed by atoms with Gasteiger partial charge in [0.25, 0.3) is 0 Å². The van der Waals surface area contributed by atoms with E-state index in [1.165, 1.54) is 11.3 Å². The van der Waals surface area contributed by atoms with Crippen molar-refractivity contribution in [2.75, 3.05) is 7.11 Å². The number of carbonyl (C=O) groups excluding carboxylic acids is 1. The molecule has 4 heteroatoms. The van der Waals surface area contributed by atoms with Crippen LogP contribution in [-0.2, 0) is 6.42 Å². The van der Waals surface area contributed by atoms with Crippen molar-refractivity contribution >= 4 is 28.7 Å². The molecule has 0 saturated heterocycles. The van der Waals surface area contributed by atoms with E-state index in [4.69, 9.17) is 16.3 Å². The van der Waals surface area contributed by atoms with Crippen LogP contribution in [0.3, 0.4) is 0 Å². The Morgan fingerprint density at radius 2 is 2.00 bits per heavy atom. The highest BCUT2D eigenvalue weighted by molar-refractivity contribution is 7.12. The summed E-state index contributed by atoms with van der Waals surface area (Å²) in [4.78, 5) is 12.6. The van der Waals surface area contributed by atoms with Crippen LogP contribution in [0.5, 0.6) is 5.75 Å². The maximum atomic E-state index is 11.9. The molecule has 2 rings (SSSR count). The first kappa shape index (κ1) is 13.1. The van der Waals surface area contributed by atoms with Crippen LogP contribution in [0, 0.1) is 0 Å². The topological polar surface area (TPSA) is 26.3 Å². The minimum atomic E-state index is 0.103. The second kappa shape index (κ2) is 6.03. The Kier molecular flexibility index (Phi) is 4.39. The van der Waals surface area contributed by atoms with Crippen molar-refractivity contribution in [2.24, 2.45) is 0 Å². The fraction of sp³-hybridized carbons (Fsp3) is 0.214. The number of ether oxygens (including phenoxy) is 1. The maximum Gasteiger partial charge on any atom is 0.174 e. The van der Waals surface area contributed by atoms with Crippen LogP contribution in [0.4, 0.5) is 0 Å². The molecule has 1 aromatic heterocycles. The van der Waals surface area contributed by atoms with Gasteiger partial charge in [0, 0.05) is 6.42 Å².